The zero-order valence-corrected chi connectivity index (χ0v) is 33.8. The molecule has 3 unspecified atom stereocenters. The molecule has 14 heteroatoms. The topological polar surface area (TPSA) is 152 Å². The first-order chi connectivity index (χ1) is 26.5. The highest BCUT2D eigenvalue weighted by molar-refractivity contribution is 9.10. The van der Waals surface area contributed by atoms with Gasteiger partial charge in [-0.1, -0.05) is 54.9 Å². The van der Waals surface area contributed by atoms with Crippen LogP contribution in [0.1, 0.15) is 70.3 Å². The molecule has 294 valence electrons. The summed E-state index contributed by atoms with van der Waals surface area (Å²) in [5, 5.41) is 2.54. The van der Waals surface area contributed by atoms with E-state index in [2.05, 4.69) is 35.1 Å². The second kappa shape index (κ2) is 14.8. The molecule has 0 fully saturated rings. The minimum Gasteiger partial charge on any atom is -0.485 e. The standard InChI is InChI=1S/C42H42BrFN2O10/c1-18-10-9-11-20(3)41(50)46-34-35(48)30-29(33-39(34)54-27-17-24(43)16-25(44)32(27)45-33)31-38-22(5)37(30)55-28(15-19(2)14-18)36(53-23(6)47)21(4)26(51-8)12-13-52-42(7,56-38)40(31)49/h9-13,16-19,21,26,28,36H,14-15H2,1-8H3,(H,46,50)/b10-9+,13-12+,20-11-/t18?,19-,21-,26+,28?,36?,42+/m1/s1. The number of carbonyl (C=O) groups is 3. The molecule has 4 heterocycles. The Labute approximate surface area is 330 Å². The molecule has 4 aliphatic heterocycles. The molecule has 1 aliphatic carbocycles. The molecule has 0 aromatic heterocycles. The molecule has 1 amide bonds. The number of nitrogens with zero attached hydrogens (tertiary/aromatic N) is 1. The Morgan fingerprint density at radius 1 is 1.07 bits per heavy atom. The summed E-state index contributed by atoms with van der Waals surface area (Å²) in [7, 11) is 1.50. The fourth-order valence-electron chi connectivity index (χ4n) is 7.95. The Morgan fingerprint density at radius 2 is 1.82 bits per heavy atom. The van der Waals surface area contributed by atoms with Crippen molar-refractivity contribution >= 4 is 61.1 Å². The molecule has 7 atom stereocenters. The number of benzene rings is 3. The number of anilines is 1. The number of carbonyl (C=O) groups excluding carboxylic acids is 3. The Bertz CT molecular complexity index is 2440. The van der Waals surface area contributed by atoms with E-state index in [1.807, 2.05) is 13.0 Å². The minimum absolute atomic E-state index is 0.00796. The SMILES string of the molecule is CO[C@H]1/C=C/O[C@@]2(C)Oc3c(C)c4c5c(=O)c(c6oc7cc(Br)cc(F)c7nc-6c5c3C2=O)NC(=O)/C(C)=C\C=C\C(C)C[C@@H](C)CC(O4)C(OC(C)=O)[C@@H]1C. The largest absolute Gasteiger partial charge is 0.485 e. The van der Waals surface area contributed by atoms with Crippen molar-refractivity contribution in [3.05, 3.63) is 79.9 Å². The van der Waals surface area contributed by atoms with Crippen LogP contribution in [0.15, 0.2) is 62.0 Å². The van der Waals surface area contributed by atoms with Gasteiger partial charge in [0.25, 0.3) is 11.7 Å². The Kier molecular flexibility index (Phi) is 10.3. The van der Waals surface area contributed by atoms with Gasteiger partial charge in [0.05, 0.1) is 23.3 Å². The number of hydrogen-bond donors (Lipinski definition) is 1. The van der Waals surface area contributed by atoms with Gasteiger partial charge < -0.3 is 33.4 Å². The average Bonchev–Trinajstić information content (AvgIpc) is 3.39. The van der Waals surface area contributed by atoms with E-state index in [1.165, 1.54) is 39.4 Å². The lowest BCUT2D eigenvalue weighted by atomic mass is 9.85. The molecule has 5 aliphatic rings. The lowest BCUT2D eigenvalue weighted by Gasteiger charge is -2.36. The highest BCUT2D eigenvalue weighted by atomic mass is 79.9. The van der Waals surface area contributed by atoms with Crippen LogP contribution in [-0.2, 0) is 23.8 Å². The molecule has 0 saturated heterocycles. The summed E-state index contributed by atoms with van der Waals surface area (Å²) in [6, 6.07) is 2.69. The van der Waals surface area contributed by atoms with E-state index in [9.17, 15) is 14.4 Å². The maximum atomic E-state index is 15.7. The average molecular weight is 834 g/mol. The maximum Gasteiger partial charge on any atom is 0.312 e. The van der Waals surface area contributed by atoms with Crippen LogP contribution in [0.5, 0.6) is 11.5 Å². The van der Waals surface area contributed by atoms with E-state index in [-0.39, 0.29) is 79.0 Å². The first-order valence-electron chi connectivity index (χ1n) is 18.4. The summed E-state index contributed by atoms with van der Waals surface area (Å²) in [6.07, 6.45) is 6.84. The van der Waals surface area contributed by atoms with Gasteiger partial charge in [0.1, 0.15) is 40.6 Å². The number of nitrogens with one attached hydrogen (secondary N) is 1. The van der Waals surface area contributed by atoms with E-state index in [0.717, 1.165) is 0 Å². The van der Waals surface area contributed by atoms with Crippen LogP contribution >= 0.6 is 15.9 Å². The van der Waals surface area contributed by atoms with Gasteiger partial charge in [0, 0.05) is 47.9 Å². The second-order valence-electron chi connectivity index (χ2n) is 15.1. The molecular weight excluding hydrogens is 791 g/mol. The summed E-state index contributed by atoms with van der Waals surface area (Å²) >= 11 is 3.29. The summed E-state index contributed by atoms with van der Waals surface area (Å²) in [4.78, 5) is 61.2. The zero-order chi connectivity index (χ0) is 40.4. The highest BCUT2D eigenvalue weighted by Gasteiger charge is 2.51. The second-order valence-corrected chi connectivity index (χ2v) is 16.0. The van der Waals surface area contributed by atoms with Crippen molar-refractivity contribution in [1.82, 2.24) is 4.98 Å². The predicted octanol–water partition coefficient (Wildman–Crippen LogP) is 8.33. The van der Waals surface area contributed by atoms with Gasteiger partial charge in [-0.05, 0) is 56.7 Å². The van der Waals surface area contributed by atoms with E-state index in [1.54, 1.807) is 32.1 Å². The number of amides is 1. The number of ketones is 1. The van der Waals surface area contributed by atoms with Crippen LogP contribution in [0, 0.1) is 30.5 Å². The first-order valence-corrected chi connectivity index (χ1v) is 19.2. The van der Waals surface area contributed by atoms with Crippen LogP contribution in [0.2, 0.25) is 0 Å². The van der Waals surface area contributed by atoms with Gasteiger partial charge in [-0.3, -0.25) is 19.2 Å². The van der Waals surface area contributed by atoms with Crippen molar-refractivity contribution in [1.29, 1.82) is 0 Å². The number of methoxy groups -OCH3 is 1. The van der Waals surface area contributed by atoms with E-state index in [0.29, 0.717) is 17.3 Å². The van der Waals surface area contributed by atoms with Gasteiger partial charge in [-0.2, -0.15) is 0 Å². The zero-order valence-electron chi connectivity index (χ0n) is 32.2. The predicted molar refractivity (Wildman–Crippen MR) is 209 cm³/mol. The number of aromatic nitrogens is 1. The third-order valence-corrected chi connectivity index (χ3v) is 11.2. The molecule has 56 heavy (non-hydrogen) atoms. The summed E-state index contributed by atoms with van der Waals surface area (Å²) < 4.78 is 53.6. The van der Waals surface area contributed by atoms with E-state index >= 15 is 9.18 Å². The van der Waals surface area contributed by atoms with Gasteiger partial charge in [0.15, 0.2) is 17.2 Å². The van der Waals surface area contributed by atoms with Crippen LogP contribution in [0.3, 0.4) is 0 Å². The van der Waals surface area contributed by atoms with Crippen LogP contribution in [-0.4, -0.2) is 53.9 Å². The molecule has 2 aromatic rings. The highest BCUT2D eigenvalue weighted by Crippen LogP contribution is 2.51. The smallest absolute Gasteiger partial charge is 0.312 e. The molecule has 0 radical (unpaired) electrons. The van der Waals surface area contributed by atoms with Crippen LogP contribution < -0.4 is 20.2 Å². The third kappa shape index (κ3) is 6.76. The number of rotatable bonds is 2. The lowest BCUT2D eigenvalue weighted by Crippen LogP contribution is -2.45. The van der Waals surface area contributed by atoms with E-state index in [4.69, 9.17) is 33.1 Å². The van der Waals surface area contributed by atoms with Crippen LogP contribution in [0.4, 0.5) is 10.1 Å². The summed E-state index contributed by atoms with van der Waals surface area (Å²) in [5.74, 6) is -5.20. The van der Waals surface area contributed by atoms with Crippen LogP contribution in [0.25, 0.3) is 33.3 Å². The lowest BCUT2D eigenvalue weighted by molar-refractivity contribution is -0.159. The molecule has 12 nitrogen and oxygen atoms in total. The number of allylic oxidation sites excluding steroid dienone is 3. The Morgan fingerprint density at radius 3 is 2.54 bits per heavy atom. The molecule has 6 bridgehead atoms. The number of halogens is 2. The number of ether oxygens (including phenoxy) is 5. The number of esters is 1. The first kappa shape index (κ1) is 39.2. The van der Waals surface area contributed by atoms with Gasteiger partial charge in [0.2, 0.25) is 5.43 Å². The molecule has 0 spiro atoms. The molecule has 2 aromatic carbocycles. The monoisotopic (exact) mass is 832 g/mol. The quantitative estimate of drug-likeness (QED) is 0.118. The van der Waals surface area contributed by atoms with Crippen molar-refractivity contribution < 1.29 is 46.9 Å². The van der Waals surface area contributed by atoms with Gasteiger partial charge >= 0.3 is 11.8 Å². The maximum absolute atomic E-state index is 15.7. The number of Topliss-reactive ketones (excluding diaryl/α,β-unsaturated/α-hetero) is 1. The van der Waals surface area contributed by atoms with E-state index < -0.39 is 58.9 Å². The summed E-state index contributed by atoms with van der Waals surface area (Å²) in [6.45, 7) is 11.9. The van der Waals surface area contributed by atoms with Crippen molar-refractivity contribution in [2.75, 3.05) is 12.4 Å². The Hall–Kier alpha value is -5.08. The molecule has 1 N–H and O–H groups in total. The number of fused-ring (bicyclic) bond motifs is 8. The fourth-order valence-corrected chi connectivity index (χ4v) is 8.36. The molecular formula is C42H42BrFN2O10. The number of hydrogen-bond acceptors (Lipinski definition) is 11. The van der Waals surface area contributed by atoms with Gasteiger partial charge in [-0.25, -0.2) is 9.37 Å². The normalized spacial score (nSPS) is 28.9. The minimum atomic E-state index is -1.94. The van der Waals surface area contributed by atoms with Crippen molar-refractivity contribution in [3.63, 3.8) is 0 Å². The van der Waals surface area contributed by atoms with Crippen molar-refractivity contribution in [2.45, 2.75) is 85.4 Å². The Balaban J connectivity index is 1.67. The van der Waals surface area contributed by atoms with Gasteiger partial charge in [-0.15, -0.1) is 0 Å². The third-order valence-electron chi connectivity index (χ3n) is 10.7. The summed E-state index contributed by atoms with van der Waals surface area (Å²) in [5.41, 5.74) is -0.933. The molecule has 7 rings (SSSR count). The fraction of sp³-hybridized carbons (Fsp3) is 0.405. The van der Waals surface area contributed by atoms with Crippen molar-refractivity contribution in [2.24, 2.45) is 17.8 Å². The molecule has 0 saturated carbocycles. The van der Waals surface area contributed by atoms with Crippen molar-refractivity contribution in [3.8, 4) is 23.0 Å².